The van der Waals surface area contributed by atoms with Gasteiger partial charge in [-0.15, -0.1) is 0 Å². The first-order valence-electron chi connectivity index (χ1n) is 4.84. The molecule has 0 amide bonds. The van der Waals surface area contributed by atoms with E-state index in [0.717, 1.165) is 12.8 Å². The van der Waals surface area contributed by atoms with Crippen LogP contribution in [0.3, 0.4) is 0 Å². The minimum atomic E-state index is -0.577. The average molecular weight is 211 g/mol. The lowest BCUT2D eigenvalue weighted by molar-refractivity contribution is -0.386. The molecule has 0 aromatic carbocycles. The van der Waals surface area contributed by atoms with Gasteiger partial charge in [-0.2, -0.15) is 5.10 Å². The largest absolute Gasteiger partial charge is 0.392 e. The highest BCUT2D eigenvalue weighted by atomic mass is 16.6. The van der Waals surface area contributed by atoms with E-state index in [1.165, 1.54) is 10.9 Å². The van der Waals surface area contributed by atoms with Crippen molar-refractivity contribution in [3.05, 3.63) is 22.0 Å². The summed E-state index contributed by atoms with van der Waals surface area (Å²) in [5.74, 6) is 0. The molecule has 2 rings (SSSR count). The summed E-state index contributed by atoms with van der Waals surface area (Å²) in [5, 5.41) is 24.4. The Bertz CT molecular complexity index is 407. The van der Waals surface area contributed by atoms with Crippen LogP contribution < -0.4 is 0 Å². The lowest BCUT2D eigenvalue weighted by Gasteiger charge is -2.17. The molecule has 1 aromatic rings. The van der Waals surface area contributed by atoms with Crippen molar-refractivity contribution >= 4 is 5.69 Å². The van der Waals surface area contributed by atoms with E-state index in [9.17, 15) is 15.2 Å². The van der Waals surface area contributed by atoms with Crippen LogP contribution in [0.2, 0.25) is 0 Å². The van der Waals surface area contributed by atoms with Gasteiger partial charge in [0, 0.05) is 12.5 Å². The third kappa shape index (κ3) is 1.32. The summed E-state index contributed by atoms with van der Waals surface area (Å²) >= 11 is 0. The summed E-state index contributed by atoms with van der Waals surface area (Å²) in [6, 6.07) is 0. The summed E-state index contributed by atoms with van der Waals surface area (Å²) < 4.78 is 1.50. The second-order valence-electron chi connectivity index (χ2n) is 4.09. The minimum Gasteiger partial charge on any atom is -0.392 e. The standard InChI is InChI=1S/C9H13N3O3/c1-6(13)9(3-4-9)8-7(12(14)15)5-10-11(8)2/h5-6,13H,3-4H2,1-2H3. The van der Waals surface area contributed by atoms with Gasteiger partial charge >= 0.3 is 5.69 Å². The molecular formula is C9H13N3O3. The van der Waals surface area contributed by atoms with Crippen LogP contribution in [-0.2, 0) is 12.5 Å². The van der Waals surface area contributed by atoms with Crippen LogP contribution >= 0.6 is 0 Å². The molecule has 1 saturated carbocycles. The molecule has 82 valence electrons. The summed E-state index contributed by atoms with van der Waals surface area (Å²) in [6.45, 7) is 1.67. The predicted octanol–water partition coefficient (Wildman–Crippen LogP) is 0.741. The number of aliphatic hydroxyl groups excluding tert-OH is 1. The number of nitrogens with zero attached hydrogens (tertiary/aromatic N) is 3. The molecule has 0 radical (unpaired) electrons. The molecule has 1 aliphatic rings. The van der Waals surface area contributed by atoms with Gasteiger partial charge < -0.3 is 5.11 Å². The maximum absolute atomic E-state index is 10.8. The number of hydrogen-bond donors (Lipinski definition) is 1. The van der Waals surface area contributed by atoms with E-state index < -0.39 is 16.4 Å². The number of aryl methyl sites for hydroxylation is 1. The number of rotatable bonds is 3. The van der Waals surface area contributed by atoms with Gasteiger partial charge in [0.05, 0.1) is 11.0 Å². The third-order valence-electron chi connectivity index (χ3n) is 3.18. The van der Waals surface area contributed by atoms with Crippen LogP contribution in [0.25, 0.3) is 0 Å². The van der Waals surface area contributed by atoms with Crippen LogP contribution in [0, 0.1) is 10.1 Å². The maximum atomic E-state index is 10.8. The van der Waals surface area contributed by atoms with E-state index in [2.05, 4.69) is 5.10 Å². The molecule has 1 heterocycles. The van der Waals surface area contributed by atoms with E-state index in [-0.39, 0.29) is 5.69 Å². The van der Waals surface area contributed by atoms with Crippen molar-refractivity contribution in [2.45, 2.75) is 31.3 Å². The highest BCUT2D eigenvalue weighted by Gasteiger charge is 2.54. The van der Waals surface area contributed by atoms with Crippen molar-refractivity contribution in [3.63, 3.8) is 0 Å². The average Bonchev–Trinajstić information content (AvgIpc) is 2.85. The Kier molecular flexibility index (Phi) is 2.04. The lowest BCUT2D eigenvalue weighted by atomic mass is 9.95. The Hall–Kier alpha value is -1.43. The molecule has 1 atom stereocenters. The molecule has 6 heteroatoms. The molecule has 15 heavy (non-hydrogen) atoms. The normalized spacial score (nSPS) is 19.9. The summed E-state index contributed by atoms with van der Waals surface area (Å²) in [5.41, 5.74) is 0.103. The highest BCUT2D eigenvalue weighted by molar-refractivity contribution is 5.43. The van der Waals surface area contributed by atoms with E-state index in [1.807, 2.05) is 0 Å². The summed E-state index contributed by atoms with van der Waals surface area (Å²) in [6.07, 6.45) is 2.24. The fourth-order valence-corrected chi connectivity index (χ4v) is 2.12. The molecule has 1 aromatic heterocycles. The molecule has 0 saturated heterocycles. The second kappa shape index (κ2) is 3.03. The zero-order valence-electron chi connectivity index (χ0n) is 8.67. The van der Waals surface area contributed by atoms with E-state index in [1.54, 1.807) is 14.0 Å². The molecule has 1 aliphatic carbocycles. The van der Waals surface area contributed by atoms with Gasteiger partial charge in [-0.05, 0) is 19.8 Å². The molecule has 0 aliphatic heterocycles. The van der Waals surface area contributed by atoms with Crippen LogP contribution in [0.15, 0.2) is 6.20 Å². The Morgan fingerprint density at radius 2 is 2.33 bits per heavy atom. The van der Waals surface area contributed by atoms with Crippen LogP contribution in [0.1, 0.15) is 25.5 Å². The zero-order valence-corrected chi connectivity index (χ0v) is 8.67. The number of nitro groups is 1. The minimum absolute atomic E-state index is 0.0101. The summed E-state index contributed by atoms with van der Waals surface area (Å²) in [7, 11) is 1.67. The number of aliphatic hydroxyl groups is 1. The smallest absolute Gasteiger partial charge is 0.310 e. The van der Waals surface area contributed by atoms with Crippen LogP contribution in [0.5, 0.6) is 0 Å². The predicted molar refractivity (Wildman–Crippen MR) is 52.5 cm³/mol. The van der Waals surface area contributed by atoms with Crippen LogP contribution in [-0.4, -0.2) is 25.9 Å². The molecule has 0 spiro atoms. The molecule has 6 nitrogen and oxygen atoms in total. The Labute approximate surface area is 86.7 Å². The highest BCUT2D eigenvalue weighted by Crippen LogP contribution is 2.53. The first kappa shape index (κ1) is 10.1. The van der Waals surface area contributed by atoms with E-state index in [4.69, 9.17) is 0 Å². The van der Waals surface area contributed by atoms with Crippen molar-refractivity contribution in [2.75, 3.05) is 0 Å². The SMILES string of the molecule is CC(O)C1(c2c([N+](=O)[O-])cnn2C)CC1. The van der Waals surface area contributed by atoms with Gasteiger partial charge in [0.1, 0.15) is 11.9 Å². The molecule has 0 bridgehead atoms. The van der Waals surface area contributed by atoms with Gasteiger partial charge in [-0.25, -0.2) is 0 Å². The summed E-state index contributed by atoms with van der Waals surface area (Å²) in [4.78, 5) is 10.4. The quantitative estimate of drug-likeness (QED) is 0.590. The molecular weight excluding hydrogens is 198 g/mol. The number of aromatic nitrogens is 2. The lowest BCUT2D eigenvalue weighted by Crippen LogP contribution is -2.26. The van der Waals surface area contributed by atoms with Crippen molar-refractivity contribution < 1.29 is 10.0 Å². The topological polar surface area (TPSA) is 81.2 Å². The van der Waals surface area contributed by atoms with Crippen molar-refractivity contribution in [1.82, 2.24) is 9.78 Å². The van der Waals surface area contributed by atoms with Crippen molar-refractivity contribution in [2.24, 2.45) is 7.05 Å². The van der Waals surface area contributed by atoms with Gasteiger partial charge in [-0.1, -0.05) is 0 Å². The van der Waals surface area contributed by atoms with E-state index >= 15 is 0 Å². The molecule has 1 unspecified atom stereocenters. The van der Waals surface area contributed by atoms with Gasteiger partial charge in [-0.3, -0.25) is 14.8 Å². The van der Waals surface area contributed by atoms with Crippen LogP contribution in [0.4, 0.5) is 5.69 Å². The van der Waals surface area contributed by atoms with Crippen molar-refractivity contribution in [3.8, 4) is 0 Å². The monoisotopic (exact) mass is 211 g/mol. The zero-order chi connectivity index (χ0) is 11.2. The third-order valence-corrected chi connectivity index (χ3v) is 3.18. The molecule has 1 fully saturated rings. The fraction of sp³-hybridized carbons (Fsp3) is 0.667. The first-order valence-corrected chi connectivity index (χ1v) is 4.84. The van der Waals surface area contributed by atoms with Gasteiger partial charge in [0.2, 0.25) is 0 Å². The number of hydrogen-bond acceptors (Lipinski definition) is 4. The first-order chi connectivity index (χ1) is 6.99. The van der Waals surface area contributed by atoms with E-state index in [0.29, 0.717) is 5.69 Å². The second-order valence-corrected chi connectivity index (χ2v) is 4.09. The van der Waals surface area contributed by atoms with Crippen molar-refractivity contribution in [1.29, 1.82) is 0 Å². The molecule has 1 N–H and O–H groups in total. The van der Waals surface area contributed by atoms with Gasteiger partial charge in [0.25, 0.3) is 0 Å². The maximum Gasteiger partial charge on any atom is 0.310 e. The Balaban J connectivity index is 2.52. The van der Waals surface area contributed by atoms with Gasteiger partial charge in [0.15, 0.2) is 0 Å². The Morgan fingerprint density at radius 3 is 2.73 bits per heavy atom. The fourth-order valence-electron chi connectivity index (χ4n) is 2.12. The Morgan fingerprint density at radius 1 is 1.73 bits per heavy atom.